The van der Waals surface area contributed by atoms with Crippen molar-refractivity contribution in [1.82, 2.24) is 0 Å². The highest BCUT2D eigenvalue weighted by atomic mass is 35.5. The van der Waals surface area contributed by atoms with Gasteiger partial charge in [0.25, 0.3) is 0 Å². The molecule has 0 aliphatic heterocycles. The van der Waals surface area contributed by atoms with E-state index in [1.165, 1.54) is 0 Å². The van der Waals surface area contributed by atoms with Crippen LogP contribution in [0.4, 0.5) is 0 Å². The molecule has 0 aliphatic rings. The van der Waals surface area contributed by atoms with E-state index in [9.17, 15) is 0 Å². The molecule has 1 rings (SSSR count). The number of hydrogen-bond donors (Lipinski definition) is 1. The standard InChI is InChI=1S/C6H5ClO.C2H4Cl2/c7-5-1-3-6(8)4-2-5;1-2(3)4/h1-4,8H;2H,1H3. The first-order valence-electron chi connectivity index (χ1n) is 3.25. The van der Waals surface area contributed by atoms with Crippen LogP contribution in [0, 0.1) is 0 Å². The monoisotopic (exact) mass is 226 g/mol. The van der Waals surface area contributed by atoms with Crippen LogP contribution in [0.15, 0.2) is 24.3 Å². The van der Waals surface area contributed by atoms with Crippen molar-refractivity contribution in [1.29, 1.82) is 0 Å². The molecular weight excluding hydrogens is 218 g/mol. The molecule has 0 radical (unpaired) electrons. The minimum Gasteiger partial charge on any atom is -0.508 e. The van der Waals surface area contributed by atoms with E-state index in [1.807, 2.05) is 0 Å². The molecule has 0 aliphatic carbocycles. The summed E-state index contributed by atoms with van der Waals surface area (Å²) >= 11 is 15.6. The summed E-state index contributed by atoms with van der Waals surface area (Å²) in [5, 5.41) is 9.34. The van der Waals surface area contributed by atoms with Gasteiger partial charge in [-0.25, -0.2) is 0 Å². The summed E-state index contributed by atoms with van der Waals surface area (Å²) in [5.74, 6) is 0.245. The molecule has 68 valence electrons. The molecule has 0 heterocycles. The number of alkyl halides is 2. The normalized spacial score (nSPS) is 9.08. The summed E-state index contributed by atoms with van der Waals surface area (Å²) in [6.45, 7) is 1.70. The summed E-state index contributed by atoms with van der Waals surface area (Å²) < 4.78 is 0. The van der Waals surface area contributed by atoms with Gasteiger partial charge >= 0.3 is 0 Å². The quantitative estimate of drug-likeness (QED) is 0.668. The van der Waals surface area contributed by atoms with Crippen LogP contribution >= 0.6 is 34.8 Å². The third-order valence-electron chi connectivity index (χ3n) is 0.827. The lowest BCUT2D eigenvalue weighted by Crippen LogP contribution is -1.63. The maximum atomic E-state index is 8.70. The fraction of sp³-hybridized carbons (Fsp3) is 0.250. The van der Waals surface area contributed by atoms with Crippen molar-refractivity contribution in [2.75, 3.05) is 0 Å². The first-order chi connectivity index (χ1) is 5.52. The van der Waals surface area contributed by atoms with Crippen molar-refractivity contribution in [2.45, 2.75) is 11.8 Å². The van der Waals surface area contributed by atoms with Crippen LogP contribution < -0.4 is 0 Å². The van der Waals surface area contributed by atoms with Crippen molar-refractivity contribution in [3.05, 3.63) is 29.3 Å². The van der Waals surface area contributed by atoms with Crippen LogP contribution in [0.25, 0.3) is 0 Å². The highest BCUT2D eigenvalue weighted by Crippen LogP contribution is 2.12. The van der Waals surface area contributed by atoms with E-state index in [0.717, 1.165) is 0 Å². The van der Waals surface area contributed by atoms with Crippen molar-refractivity contribution in [2.24, 2.45) is 0 Å². The van der Waals surface area contributed by atoms with Gasteiger partial charge in [0.1, 0.15) is 10.6 Å². The van der Waals surface area contributed by atoms with Gasteiger partial charge in [0.2, 0.25) is 0 Å². The molecule has 0 amide bonds. The minimum absolute atomic E-state index is 0.222. The molecule has 12 heavy (non-hydrogen) atoms. The van der Waals surface area contributed by atoms with Gasteiger partial charge in [-0.1, -0.05) is 11.6 Å². The third kappa shape index (κ3) is 7.99. The molecule has 0 aromatic heterocycles. The molecule has 0 saturated heterocycles. The molecule has 0 atom stereocenters. The van der Waals surface area contributed by atoms with E-state index in [-0.39, 0.29) is 10.6 Å². The van der Waals surface area contributed by atoms with E-state index >= 15 is 0 Å². The zero-order valence-electron chi connectivity index (χ0n) is 6.47. The first-order valence-corrected chi connectivity index (χ1v) is 4.50. The van der Waals surface area contributed by atoms with E-state index < -0.39 is 0 Å². The Kier molecular flexibility index (Phi) is 6.35. The number of benzene rings is 1. The third-order valence-corrected chi connectivity index (χ3v) is 1.08. The van der Waals surface area contributed by atoms with Gasteiger partial charge in [-0.3, -0.25) is 0 Å². The fourth-order valence-corrected chi connectivity index (χ4v) is 0.567. The predicted molar refractivity (Wildman–Crippen MR) is 54.3 cm³/mol. The van der Waals surface area contributed by atoms with Gasteiger partial charge < -0.3 is 5.11 Å². The van der Waals surface area contributed by atoms with Crippen LogP contribution in [-0.2, 0) is 0 Å². The predicted octanol–water partition coefficient (Wildman–Crippen LogP) is 3.86. The van der Waals surface area contributed by atoms with Crippen LogP contribution in [0.5, 0.6) is 5.75 Å². The van der Waals surface area contributed by atoms with E-state index in [1.54, 1.807) is 31.2 Å². The second kappa shape index (κ2) is 6.41. The lowest BCUT2D eigenvalue weighted by Gasteiger charge is -1.87. The number of halogens is 3. The second-order valence-electron chi connectivity index (χ2n) is 2.00. The Morgan fingerprint density at radius 1 is 1.17 bits per heavy atom. The lowest BCUT2D eigenvalue weighted by molar-refractivity contribution is 0.475. The Labute approximate surface area is 86.9 Å². The highest BCUT2D eigenvalue weighted by molar-refractivity contribution is 6.43. The maximum absolute atomic E-state index is 8.70. The van der Waals surface area contributed by atoms with Crippen LogP contribution in [0.2, 0.25) is 5.02 Å². The average molecular weight is 228 g/mol. The van der Waals surface area contributed by atoms with Crippen molar-refractivity contribution < 1.29 is 5.11 Å². The Hall–Kier alpha value is -0.110. The number of rotatable bonds is 0. The largest absolute Gasteiger partial charge is 0.508 e. The second-order valence-corrected chi connectivity index (χ2v) is 3.96. The molecule has 1 N–H and O–H groups in total. The molecule has 1 aromatic rings. The molecule has 4 heteroatoms. The van der Waals surface area contributed by atoms with Crippen LogP contribution in [0.1, 0.15) is 6.92 Å². The number of phenols is 1. The van der Waals surface area contributed by atoms with E-state index in [4.69, 9.17) is 39.9 Å². The average Bonchev–Trinajstić information content (AvgIpc) is 1.94. The minimum atomic E-state index is -0.222. The topological polar surface area (TPSA) is 20.2 Å². The Balaban J connectivity index is 0.000000261. The number of aromatic hydroxyl groups is 1. The first kappa shape index (κ1) is 11.9. The van der Waals surface area contributed by atoms with Gasteiger partial charge in [0.15, 0.2) is 0 Å². The van der Waals surface area contributed by atoms with Crippen molar-refractivity contribution >= 4 is 34.8 Å². The summed E-state index contributed by atoms with van der Waals surface area (Å²) in [7, 11) is 0. The Bertz CT molecular complexity index is 184. The van der Waals surface area contributed by atoms with Gasteiger partial charge in [-0.2, -0.15) is 0 Å². The van der Waals surface area contributed by atoms with Crippen molar-refractivity contribution in [3.8, 4) is 5.75 Å². The van der Waals surface area contributed by atoms with E-state index in [0.29, 0.717) is 5.02 Å². The molecule has 0 saturated carbocycles. The summed E-state index contributed by atoms with van der Waals surface area (Å²) in [5.41, 5.74) is 0. The SMILES string of the molecule is CC(Cl)Cl.Oc1ccc(Cl)cc1. The van der Waals surface area contributed by atoms with Crippen LogP contribution in [0.3, 0.4) is 0 Å². The lowest BCUT2D eigenvalue weighted by atomic mass is 10.3. The number of phenolic OH excluding ortho intramolecular Hbond substituents is 1. The molecule has 0 unspecified atom stereocenters. The van der Waals surface area contributed by atoms with Gasteiger partial charge in [-0.05, 0) is 31.2 Å². The summed E-state index contributed by atoms with van der Waals surface area (Å²) in [6, 6.07) is 6.36. The molecule has 1 aromatic carbocycles. The fourth-order valence-electron chi connectivity index (χ4n) is 0.441. The molecule has 0 spiro atoms. The van der Waals surface area contributed by atoms with Gasteiger partial charge in [-0.15, -0.1) is 23.2 Å². The molecule has 0 fully saturated rings. The highest BCUT2D eigenvalue weighted by Gasteiger charge is 1.84. The Morgan fingerprint density at radius 3 is 1.75 bits per heavy atom. The number of hydrogen-bond acceptors (Lipinski definition) is 1. The van der Waals surface area contributed by atoms with Gasteiger partial charge in [0, 0.05) is 5.02 Å². The maximum Gasteiger partial charge on any atom is 0.115 e. The van der Waals surface area contributed by atoms with Gasteiger partial charge in [0.05, 0.1) is 0 Å². The smallest absolute Gasteiger partial charge is 0.115 e. The Morgan fingerprint density at radius 2 is 1.50 bits per heavy atom. The summed E-state index contributed by atoms with van der Waals surface area (Å²) in [4.78, 5) is -0.222. The molecule has 1 nitrogen and oxygen atoms in total. The van der Waals surface area contributed by atoms with Crippen molar-refractivity contribution in [3.63, 3.8) is 0 Å². The zero-order valence-corrected chi connectivity index (χ0v) is 8.74. The summed E-state index contributed by atoms with van der Waals surface area (Å²) in [6.07, 6.45) is 0. The van der Waals surface area contributed by atoms with Crippen LogP contribution in [-0.4, -0.2) is 9.94 Å². The molecule has 0 bridgehead atoms. The zero-order chi connectivity index (χ0) is 9.56. The molecular formula is C8H9Cl3O. The van der Waals surface area contributed by atoms with E-state index in [2.05, 4.69) is 0 Å².